The molecular formula is C24H23N7O2S. The minimum atomic E-state index is -0.568. The maximum Gasteiger partial charge on any atom is 0.268 e. The second-order valence-corrected chi connectivity index (χ2v) is 8.10. The number of carbonyl (C=O) groups is 1. The first-order chi connectivity index (χ1) is 16.5. The van der Waals surface area contributed by atoms with Crippen molar-refractivity contribution in [1.29, 1.82) is 0 Å². The van der Waals surface area contributed by atoms with Gasteiger partial charge in [-0.3, -0.25) is 14.2 Å². The number of primary amides is 1. The topological polar surface area (TPSA) is 134 Å². The van der Waals surface area contributed by atoms with Gasteiger partial charge in [0.25, 0.3) is 11.5 Å². The molecule has 1 amide bonds. The van der Waals surface area contributed by atoms with Gasteiger partial charge in [-0.2, -0.15) is 0 Å². The number of aromatic nitrogens is 4. The molecule has 0 atom stereocenters. The van der Waals surface area contributed by atoms with E-state index in [1.165, 1.54) is 16.0 Å². The number of anilines is 2. The van der Waals surface area contributed by atoms with E-state index in [9.17, 15) is 9.59 Å². The molecule has 10 heteroatoms. The van der Waals surface area contributed by atoms with Gasteiger partial charge < -0.3 is 16.8 Å². The molecule has 1 aromatic carbocycles. The fraction of sp³-hybridized carbons (Fsp3) is 0.167. The molecule has 5 N–H and O–H groups in total. The highest BCUT2D eigenvalue weighted by Gasteiger charge is 2.20. The second-order valence-electron chi connectivity index (χ2n) is 7.25. The smallest absolute Gasteiger partial charge is 0.268 e. The number of rotatable bonds is 3. The van der Waals surface area contributed by atoms with Crippen molar-refractivity contribution in [2.24, 2.45) is 5.73 Å². The minimum Gasteiger partial charge on any atom is -0.381 e. The highest BCUT2D eigenvalue weighted by molar-refractivity contribution is 7.17. The molecule has 0 spiro atoms. The maximum atomic E-state index is 12.9. The van der Waals surface area contributed by atoms with Crippen molar-refractivity contribution >= 4 is 45.3 Å². The molecule has 34 heavy (non-hydrogen) atoms. The van der Waals surface area contributed by atoms with Gasteiger partial charge in [-0.05, 0) is 25.1 Å². The van der Waals surface area contributed by atoms with E-state index in [0.29, 0.717) is 24.2 Å². The number of para-hydroxylation sites is 1. The lowest BCUT2D eigenvalue weighted by atomic mass is 10.2. The van der Waals surface area contributed by atoms with Crippen molar-refractivity contribution < 1.29 is 4.79 Å². The monoisotopic (exact) mass is 473 g/mol. The second kappa shape index (κ2) is 9.64. The van der Waals surface area contributed by atoms with Crippen molar-refractivity contribution in [2.45, 2.75) is 20.3 Å². The first kappa shape index (κ1) is 22.8. The summed E-state index contributed by atoms with van der Waals surface area (Å²) in [6.45, 7) is 4.42. The molecule has 3 aromatic heterocycles. The largest absolute Gasteiger partial charge is 0.381 e. The summed E-state index contributed by atoms with van der Waals surface area (Å²) in [6.07, 6.45) is 4.30. The number of nitrogens with two attached hydrogens (primary N) is 2. The van der Waals surface area contributed by atoms with Gasteiger partial charge in [0.1, 0.15) is 22.0 Å². The number of nitrogens with zero attached hydrogens (tertiary/aromatic N) is 4. The molecule has 0 aliphatic carbocycles. The Bertz CT molecular complexity index is 1520. The van der Waals surface area contributed by atoms with Gasteiger partial charge in [0, 0.05) is 24.5 Å². The summed E-state index contributed by atoms with van der Waals surface area (Å²) in [6, 6.07) is 9.62. The summed E-state index contributed by atoms with van der Waals surface area (Å²) in [7, 11) is 0. The normalized spacial score (nSPS) is 11.6. The summed E-state index contributed by atoms with van der Waals surface area (Å²) >= 11 is 1.47. The SMILES string of the molecule is CC#Cc1csc2nc(CC)n(-c3ccccc3)c(=O)c12.NC(=O)c1c(N)nn2c1NCC=C2. The molecule has 0 saturated heterocycles. The summed E-state index contributed by atoms with van der Waals surface area (Å²) in [5.41, 5.74) is 12.5. The molecule has 0 bridgehead atoms. The molecule has 5 rings (SSSR count). The molecule has 0 unspecified atom stereocenters. The van der Waals surface area contributed by atoms with Crippen molar-refractivity contribution in [3.8, 4) is 17.5 Å². The number of hydrogen-bond acceptors (Lipinski definition) is 7. The van der Waals surface area contributed by atoms with Crippen LogP contribution in [0.3, 0.4) is 0 Å². The van der Waals surface area contributed by atoms with Gasteiger partial charge in [-0.25, -0.2) is 9.67 Å². The lowest BCUT2D eigenvalue weighted by Crippen LogP contribution is -2.23. The predicted molar refractivity (Wildman–Crippen MR) is 136 cm³/mol. The first-order valence-corrected chi connectivity index (χ1v) is 11.4. The van der Waals surface area contributed by atoms with Crippen LogP contribution in [0, 0.1) is 11.8 Å². The summed E-state index contributed by atoms with van der Waals surface area (Å²) in [5, 5.41) is 9.41. The number of fused-ring (bicyclic) bond motifs is 2. The van der Waals surface area contributed by atoms with E-state index in [-0.39, 0.29) is 16.9 Å². The highest BCUT2D eigenvalue weighted by atomic mass is 32.1. The van der Waals surface area contributed by atoms with Crippen LogP contribution in [0.15, 0.2) is 46.6 Å². The van der Waals surface area contributed by atoms with Gasteiger partial charge in [-0.1, -0.05) is 31.0 Å². The lowest BCUT2D eigenvalue weighted by molar-refractivity contribution is 0.100. The molecule has 4 heterocycles. The highest BCUT2D eigenvalue weighted by Crippen LogP contribution is 2.24. The van der Waals surface area contributed by atoms with Crippen LogP contribution in [0.25, 0.3) is 22.1 Å². The van der Waals surface area contributed by atoms with Crippen LogP contribution in [-0.2, 0) is 6.42 Å². The zero-order valence-corrected chi connectivity index (χ0v) is 19.5. The van der Waals surface area contributed by atoms with Gasteiger partial charge in [-0.15, -0.1) is 22.4 Å². The number of nitrogen functional groups attached to an aromatic ring is 1. The van der Waals surface area contributed by atoms with Crippen LogP contribution >= 0.6 is 11.3 Å². The fourth-order valence-electron chi connectivity index (χ4n) is 3.62. The molecule has 172 valence electrons. The number of amides is 1. The van der Waals surface area contributed by atoms with E-state index in [0.717, 1.165) is 21.9 Å². The summed E-state index contributed by atoms with van der Waals surface area (Å²) < 4.78 is 3.19. The van der Waals surface area contributed by atoms with E-state index >= 15 is 0 Å². The van der Waals surface area contributed by atoms with Crippen molar-refractivity contribution in [2.75, 3.05) is 17.6 Å². The Morgan fingerprint density at radius 2 is 2.06 bits per heavy atom. The van der Waals surface area contributed by atoms with E-state index < -0.39 is 5.91 Å². The molecule has 0 radical (unpaired) electrons. The van der Waals surface area contributed by atoms with Gasteiger partial charge in [0.2, 0.25) is 0 Å². The zero-order valence-electron chi connectivity index (χ0n) is 18.7. The zero-order chi connectivity index (χ0) is 24.2. The third-order valence-corrected chi connectivity index (χ3v) is 5.96. The van der Waals surface area contributed by atoms with Gasteiger partial charge in [0.15, 0.2) is 5.82 Å². The van der Waals surface area contributed by atoms with Crippen LogP contribution in [0.2, 0.25) is 0 Å². The number of nitrogens with one attached hydrogen (secondary N) is 1. The predicted octanol–water partition coefficient (Wildman–Crippen LogP) is 2.84. The quantitative estimate of drug-likeness (QED) is 0.392. The summed E-state index contributed by atoms with van der Waals surface area (Å²) in [5.74, 6) is 6.78. The van der Waals surface area contributed by atoms with E-state index in [2.05, 4.69) is 27.2 Å². The third-order valence-electron chi connectivity index (χ3n) is 5.09. The van der Waals surface area contributed by atoms with Gasteiger partial charge >= 0.3 is 0 Å². The number of carbonyl (C=O) groups excluding carboxylic acids is 1. The Morgan fingerprint density at radius 3 is 2.74 bits per heavy atom. The Kier molecular flexibility index (Phi) is 6.47. The first-order valence-electron chi connectivity index (χ1n) is 10.6. The van der Waals surface area contributed by atoms with Crippen LogP contribution < -0.4 is 22.3 Å². The maximum absolute atomic E-state index is 12.9. The van der Waals surface area contributed by atoms with Crippen LogP contribution in [0.1, 0.15) is 35.6 Å². The van der Waals surface area contributed by atoms with Crippen molar-refractivity contribution in [3.63, 3.8) is 0 Å². The van der Waals surface area contributed by atoms with Crippen molar-refractivity contribution in [1.82, 2.24) is 19.3 Å². The van der Waals surface area contributed by atoms with Crippen molar-refractivity contribution in [3.05, 3.63) is 69.1 Å². The molecule has 0 saturated carbocycles. The fourth-order valence-corrected chi connectivity index (χ4v) is 4.50. The van der Waals surface area contributed by atoms with Crippen LogP contribution in [-0.4, -0.2) is 31.8 Å². The summed E-state index contributed by atoms with van der Waals surface area (Å²) in [4.78, 5) is 29.3. The van der Waals surface area contributed by atoms with Gasteiger partial charge in [0.05, 0.1) is 16.6 Å². The van der Waals surface area contributed by atoms with Crippen LogP contribution in [0.4, 0.5) is 11.6 Å². The van der Waals surface area contributed by atoms with E-state index in [1.54, 1.807) is 17.7 Å². The Labute approximate surface area is 199 Å². The molecule has 1 aliphatic heterocycles. The Hall–Kier alpha value is -4.36. The standard InChI is InChI=1S/C17H14N2OS.C7H9N5O/c1-3-8-12-11-21-16-15(12)17(20)19(14(4-2)18-16)13-9-6-5-7-10-13;8-5-4(6(9)13)7-10-2-1-3-12(7)11-5/h5-7,9-11H,4H2,1-2H3;1,3,10H,2H2,(H2,8,11)(H2,9,13). The van der Waals surface area contributed by atoms with E-state index in [1.807, 2.05) is 48.7 Å². The van der Waals surface area contributed by atoms with E-state index in [4.69, 9.17) is 11.5 Å². The Balaban J connectivity index is 0.000000180. The Morgan fingerprint density at radius 1 is 1.29 bits per heavy atom. The number of thiophene rings is 1. The third kappa shape index (κ3) is 4.16. The molecular weight excluding hydrogens is 450 g/mol. The lowest BCUT2D eigenvalue weighted by Gasteiger charge is -2.11. The molecule has 4 aromatic rings. The molecule has 1 aliphatic rings. The number of benzene rings is 1. The number of hydrogen-bond donors (Lipinski definition) is 3. The minimum absolute atomic E-state index is 0.0398. The number of aryl methyl sites for hydroxylation is 1. The average molecular weight is 474 g/mol. The van der Waals surface area contributed by atoms with Crippen LogP contribution in [0.5, 0.6) is 0 Å². The average Bonchev–Trinajstić information content (AvgIpc) is 3.40. The molecule has 0 fully saturated rings. The molecule has 9 nitrogen and oxygen atoms in total.